The van der Waals surface area contributed by atoms with Gasteiger partial charge in [-0.15, -0.1) is 0 Å². The molecule has 0 spiro atoms. The van der Waals surface area contributed by atoms with Crippen molar-refractivity contribution < 1.29 is 14.7 Å². The van der Waals surface area contributed by atoms with Gasteiger partial charge in [0.15, 0.2) is 0 Å². The molecular formula is C8H14O3. The molecule has 0 fully saturated rings. The van der Waals surface area contributed by atoms with Gasteiger partial charge in [0.2, 0.25) is 0 Å². The molecule has 0 saturated heterocycles. The van der Waals surface area contributed by atoms with Gasteiger partial charge < -0.3 is 5.11 Å². The van der Waals surface area contributed by atoms with Gasteiger partial charge in [-0.1, -0.05) is 19.8 Å². The first-order valence-corrected chi connectivity index (χ1v) is 3.82. The highest BCUT2D eigenvalue weighted by Crippen LogP contribution is 2.09. The third-order valence-electron chi connectivity index (χ3n) is 1.64. The van der Waals surface area contributed by atoms with Gasteiger partial charge in [0.1, 0.15) is 11.7 Å². The van der Waals surface area contributed by atoms with Crippen molar-refractivity contribution in [3.63, 3.8) is 0 Å². The summed E-state index contributed by atoms with van der Waals surface area (Å²) in [5.74, 6) is -2.02. The number of carbonyl (C=O) groups excluding carboxylic acids is 1. The van der Waals surface area contributed by atoms with Gasteiger partial charge >= 0.3 is 5.97 Å². The van der Waals surface area contributed by atoms with E-state index < -0.39 is 11.9 Å². The molecule has 0 aromatic carbocycles. The molecule has 0 aromatic heterocycles. The van der Waals surface area contributed by atoms with Gasteiger partial charge in [0.05, 0.1) is 0 Å². The number of rotatable bonds is 5. The second kappa shape index (κ2) is 4.88. The zero-order chi connectivity index (χ0) is 8.85. The largest absolute Gasteiger partial charge is 0.481 e. The maximum atomic E-state index is 10.7. The summed E-state index contributed by atoms with van der Waals surface area (Å²) in [6.07, 6.45) is 2.20. The zero-order valence-electron chi connectivity index (χ0n) is 6.96. The quantitative estimate of drug-likeness (QED) is 0.616. The molecule has 0 bridgehead atoms. The molecule has 0 radical (unpaired) electrons. The lowest BCUT2D eigenvalue weighted by Gasteiger charge is -2.05. The summed E-state index contributed by atoms with van der Waals surface area (Å²) in [7, 11) is 0. The molecule has 11 heavy (non-hydrogen) atoms. The van der Waals surface area contributed by atoms with Gasteiger partial charge in [-0.2, -0.15) is 0 Å². The van der Waals surface area contributed by atoms with E-state index in [9.17, 15) is 9.59 Å². The van der Waals surface area contributed by atoms with Crippen molar-refractivity contribution in [2.24, 2.45) is 5.92 Å². The van der Waals surface area contributed by atoms with Crippen LogP contribution in [0.15, 0.2) is 0 Å². The van der Waals surface area contributed by atoms with Gasteiger partial charge in [0, 0.05) is 0 Å². The molecule has 0 aliphatic carbocycles. The first kappa shape index (κ1) is 10.1. The maximum Gasteiger partial charge on any atom is 0.314 e. The number of carboxylic acids is 1. The van der Waals surface area contributed by atoms with Crippen molar-refractivity contribution in [1.82, 2.24) is 0 Å². The predicted molar refractivity (Wildman–Crippen MR) is 41.3 cm³/mol. The van der Waals surface area contributed by atoms with E-state index in [1.54, 1.807) is 0 Å². The lowest BCUT2D eigenvalue weighted by atomic mass is 9.99. The number of unbranched alkanes of at least 4 members (excludes halogenated alkanes) is 1. The first-order valence-electron chi connectivity index (χ1n) is 3.82. The highest BCUT2D eigenvalue weighted by Gasteiger charge is 2.20. The fourth-order valence-corrected chi connectivity index (χ4v) is 0.909. The van der Waals surface area contributed by atoms with E-state index >= 15 is 0 Å². The predicted octanol–water partition coefficient (Wildman–Crippen LogP) is 1.47. The van der Waals surface area contributed by atoms with E-state index in [-0.39, 0.29) is 5.78 Å². The summed E-state index contributed by atoms with van der Waals surface area (Å²) in [5, 5.41) is 8.55. The molecule has 0 aromatic rings. The van der Waals surface area contributed by atoms with Crippen molar-refractivity contribution >= 4 is 11.8 Å². The van der Waals surface area contributed by atoms with Crippen molar-refractivity contribution in [3.8, 4) is 0 Å². The number of hydrogen-bond donors (Lipinski definition) is 1. The third kappa shape index (κ3) is 3.75. The van der Waals surface area contributed by atoms with Crippen LogP contribution in [0.1, 0.15) is 33.1 Å². The van der Waals surface area contributed by atoms with Crippen molar-refractivity contribution in [1.29, 1.82) is 0 Å². The molecule has 0 amide bonds. The summed E-state index contributed by atoms with van der Waals surface area (Å²) in [6, 6.07) is 0. The van der Waals surface area contributed by atoms with Crippen LogP contribution in [-0.4, -0.2) is 16.9 Å². The van der Waals surface area contributed by atoms with Gasteiger partial charge in [-0.3, -0.25) is 9.59 Å². The van der Waals surface area contributed by atoms with Crippen LogP contribution in [0.5, 0.6) is 0 Å². The van der Waals surface area contributed by atoms with E-state index in [1.807, 2.05) is 6.92 Å². The van der Waals surface area contributed by atoms with Gasteiger partial charge in [-0.25, -0.2) is 0 Å². The van der Waals surface area contributed by atoms with Gasteiger partial charge in [-0.05, 0) is 13.3 Å². The van der Waals surface area contributed by atoms with Crippen LogP contribution in [0.2, 0.25) is 0 Å². The normalized spacial score (nSPS) is 12.5. The molecular weight excluding hydrogens is 144 g/mol. The minimum absolute atomic E-state index is 0.244. The maximum absolute atomic E-state index is 10.7. The average Bonchev–Trinajstić information content (AvgIpc) is 1.87. The Balaban J connectivity index is 3.90. The lowest BCUT2D eigenvalue weighted by Crippen LogP contribution is -2.21. The van der Waals surface area contributed by atoms with Gasteiger partial charge in [0.25, 0.3) is 0 Å². The summed E-state index contributed by atoms with van der Waals surface area (Å²) in [6.45, 7) is 3.30. The van der Waals surface area contributed by atoms with Crippen LogP contribution in [0.4, 0.5) is 0 Å². The standard InChI is InChI=1S/C8H14O3/c1-3-4-5-7(6(2)9)8(10)11/h7H,3-5H2,1-2H3,(H,10,11). The number of ketones is 1. The third-order valence-corrected chi connectivity index (χ3v) is 1.64. The van der Waals surface area contributed by atoms with Crippen LogP contribution in [0, 0.1) is 5.92 Å². The molecule has 0 aliphatic rings. The average molecular weight is 158 g/mol. The van der Waals surface area contributed by atoms with Crippen molar-refractivity contribution in [2.45, 2.75) is 33.1 Å². The molecule has 0 rings (SSSR count). The Hall–Kier alpha value is -0.860. The molecule has 1 atom stereocenters. The fraction of sp³-hybridized carbons (Fsp3) is 0.750. The molecule has 0 aliphatic heterocycles. The molecule has 64 valence electrons. The molecule has 1 unspecified atom stereocenters. The number of carbonyl (C=O) groups is 2. The van der Waals surface area contributed by atoms with Crippen LogP contribution in [0.25, 0.3) is 0 Å². The van der Waals surface area contributed by atoms with Crippen LogP contribution < -0.4 is 0 Å². The zero-order valence-corrected chi connectivity index (χ0v) is 6.96. The molecule has 3 heteroatoms. The first-order chi connectivity index (χ1) is 5.09. The topological polar surface area (TPSA) is 54.4 Å². The second-order valence-electron chi connectivity index (χ2n) is 2.64. The van der Waals surface area contributed by atoms with E-state index in [4.69, 9.17) is 5.11 Å². The summed E-state index contributed by atoms with van der Waals surface area (Å²) < 4.78 is 0. The van der Waals surface area contributed by atoms with Crippen LogP contribution in [-0.2, 0) is 9.59 Å². The van der Waals surface area contributed by atoms with Crippen LogP contribution in [0.3, 0.4) is 0 Å². The molecule has 0 heterocycles. The summed E-state index contributed by atoms with van der Waals surface area (Å²) in [5.41, 5.74) is 0. The van der Waals surface area contributed by atoms with E-state index in [0.29, 0.717) is 6.42 Å². The Morgan fingerprint density at radius 3 is 2.27 bits per heavy atom. The molecule has 0 saturated carbocycles. The monoisotopic (exact) mass is 158 g/mol. The highest BCUT2D eigenvalue weighted by molar-refractivity contribution is 5.96. The highest BCUT2D eigenvalue weighted by atomic mass is 16.4. The van der Waals surface area contributed by atoms with Crippen molar-refractivity contribution in [3.05, 3.63) is 0 Å². The summed E-state index contributed by atoms with van der Waals surface area (Å²) >= 11 is 0. The smallest absolute Gasteiger partial charge is 0.314 e. The number of carboxylic acid groups (broad SMARTS) is 1. The second-order valence-corrected chi connectivity index (χ2v) is 2.64. The van der Waals surface area contributed by atoms with Crippen LogP contribution >= 0.6 is 0 Å². The Morgan fingerprint density at radius 2 is 2.00 bits per heavy atom. The molecule has 3 nitrogen and oxygen atoms in total. The number of Topliss-reactive ketones (excluding diaryl/α,β-unsaturated/α-hetero) is 1. The fourth-order valence-electron chi connectivity index (χ4n) is 0.909. The van der Waals surface area contributed by atoms with E-state index in [2.05, 4.69) is 0 Å². The Morgan fingerprint density at radius 1 is 1.45 bits per heavy atom. The Labute approximate surface area is 66.4 Å². The lowest BCUT2D eigenvalue weighted by molar-refractivity contribution is -0.146. The van der Waals surface area contributed by atoms with Crippen molar-refractivity contribution in [2.75, 3.05) is 0 Å². The number of hydrogen-bond acceptors (Lipinski definition) is 2. The Kier molecular flexibility index (Phi) is 4.50. The minimum atomic E-state index is -0.994. The summed E-state index contributed by atoms with van der Waals surface area (Å²) in [4.78, 5) is 21.1. The Bertz CT molecular complexity index is 137. The minimum Gasteiger partial charge on any atom is -0.481 e. The SMILES string of the molecule is CCCCC(C(C)=O)C(=O)O. The van der Waals surface area contributed by atoms with E-state index in [1.165, 1.54) is 6.92 Å². The van der Waals surface area contributed by atoms with E-state index in [0.717, 1.165) is 12.8 Å². The number of aliphatic carboxylic acids is 1. The molecule has 1 N–H and O–H groups in total.